The van der Waals surface area contributed by atoms with Crippen LogP contribution in [0.15, 0.2) is 36.4 Å². The average Bonchev–Trinajstić information content (AvgIpc) is 2.28. The van der Waals surface area contributed by atoms with Gasteiger partial charge in [-0.15, -0.1) is 0 Å². The lowest BCUT2D eigenvalue weighted by Gasteiger charge is -2.18. The molecule has 0 amide bonds. The maximum Gasteiger partial charge on any atom is 0.309 e. The Morgan fingerprint density at radius 3 is 2.65 bits per heavy atom. The molecule has 17 heavy (non-hydrogen) atoms. The van der Waals surface area contributed by atoms with Gasteiger partial charge in [-0.3, -0.25) is 9.78 Å². The highest BCUT2D eigenvalue weighted by Gasteiger charge is 2.27. The highest BCUT2D eigenvalue weighted by atomic mass is 16.4. The summed E-state index contributed by atoms with van der Waals surface area (Å²) < 4.78 is 0. The minimum atomic E-state index is -0.799. The lowest BCUT2D eigenvalue weighted by atomic mass is 9.88. The molecule has 0 unspecified atom stereocenters. The number of fused-ring (bicyclic) bond motifs is 1. The number of nitrogens with zero attached hydrogens (tertiary/aromatic N) is 1. The summed E-state index contributed by atoms with van der Waals surface area (Å²) in [7, 11) is 0. The molecule has 0 aliphatic carbocycles. The molecule has 1 heterocycles. The topological polar surface area (TPSA) is 50.2 Å². The van der Waals surface area contributed by atoms with Crippen molar-refractivity contribution in [2.24, 2.45) is 5.41 Å². The molecule has 0 bridgehead atoms. The van der Waals surface area contributed by atoms with Crippen molar-refractivity contribution in [2.45, 2.75) is 20.3 Å². The van der Waals surface area contributed by atoms with Crippen LogP contribution < -0.4 is 0 Å². The second kappa shape index (κ2) is 4.17. The van der Waals surface area contributed by atoms with Crippen LogP contribution in [0.5, 0.6) is 0 Å². The van der Waals surface area contributed by atoms with Gasteiger partial charge < -0.3 is 5.11 Å². The predicted octanol–water partition coefficient (Wildman–Crippen LogP) is 2.89. The number of carbonyl (C=O) groups is 1. The Morgan fingerprint density at radius 1 is 1.24 bits per heavy atom. The van der Waals surface area contributed by atoms with Crippen LogP contribution in [0.4, 0.5) is 0 Å². The Bertz CT molecular complexity index is 561. The number of carboxylic acid groups (broad SMARTS) is 1. The van der Waals surface area contributed by atoms with E-state index in [4.69, 9.17) is 5.11 Å². The second-order valence-electron chi connectivity index (χ2n) is 4.86. The van der Waals surface area contributed by atoms with E-state index in [0.717, 1.165) is 16.6 Å². The van der Waals surface area contributed by atoms with Gasteiger partial charge in [-0.1, -0.05) is 24.3 Å². The van der Waals surface area contributed by atoms with Crippen molar-refractivity contribution >= 4 is 16.9 Å². The lowest BCUT2D eigenvalue weighted by Crippen LogP contribution is -2.26. The third kappa shape index (κ3) is 2.44. The fraction of sp³-hybridized carbons (Fsp3) is 0.286. The van der Waals surface area contributed by atoms with Gasteiger partial charge in [0.05, 0.1) is 10.9 Å². The first-order valence-corrected chi connectivity index (χ1v) is 5.57. The SMILES string of the molecule is CC(C)(Cc1ccc2ccccc2n1)C(=O)O. The van der Waals surface area contributed by atoms with Crippen LogP contribution in [0.2, 0.25) is 0 Å². The van der Waals surface area contributed by atoms with Gasteiger partial charge in [0.2, 0.25) is 0 Å². The molecule has 0 aliphatic heterocycles. The molecule has 0 radical (unpaired) electrons. The Morgan fingerprint density at radius 2 is 1.94 bits per heavy atom. The zero-order chi connectivity index (χ0) is 12.5. The quantitative estimate of drug-likeness (QED) is 0.880. The van der Waals surface area contributed by atoms with Gasteiger partial charge in [0.15, 0.2) is 0 Å². The largest absolute Gasteiger partial charge is 0.481 e. The van der Waals surface area contributed by atoms with Gasteiger partial charge in [0.25, 0.3) is 0 Å². The number of para-hydroxylation sites is 1. The molecule has 0 atom stereocenters. The molecule has 2 rings (SSSR count). The Labute approximate surface area is 100 Å². The minimum Gasteiger partial charge on any atom is -0.481 e. The summed E-state index contributed by atoms with van der Waals surface area (Å²) in [5, 5.41) is 10.2. The summed E-state index contributed by atoms with van der Waals surface area (Å²) in [6.07, 6.45) is 0.438. The van der Waals surface area contributed by atoms with E-state index in [1.807, 2.05) is 36.4 Å². The Balaban J connectivity index is 2.34. The highest BCUT2D eigenvalue weighted by Crippen LogP contribution is 2.22. The summed E-state index contributed by atoms with van der Waals surface area (Å²) in [6.45, 7) is 3.43. The maximum absolute atomic E-state index is 11.1. The van der Waals surface area contributed by atoms with E-state index in [1.165, 1.54) is 0 Å². The molecular formula is C14H15NO2. The van der Waals surface area contributed by atoms with E-state index in [1.54, 1.807) is 13.8 Å². The number of aliphatic carboxylic acids is 1. The van der Waals surface area contributed by atoms with Crippen LogP contribution in [-0.4, -0.2) is 16.1 Å². The van der Waals surface area contributed by atoms with Crippen molar-refractivity contribution in [1.29, 1.82) is 0 Å². The van der Waals surface area contributed by atoms with E-state index in [-0.39, 0.29) is 0 Å². The van der Waals surface area contributed by atoms with Crippen molar-refractivity contribution < 1.29 is 9.90 Å². The van der Waals surface area contributed by atoms with Crippen molar-refractivity contribution in [2.75, 3.05) is 0 Å². The first-order chi connectivity index (χ1) is 7.99. The van der Waals surface area contributed by atoms with E-state index in [9.17, 15) is 4.79 Å². The zero-order valence-corrected chi connectivity index (χ0v) is 9.97. The van der Waals surface area contributed by atoms with E-state index >= 15 is 0 Å². The fourth-order valence-electron chi connectivity index (χ4n) is 1.74. The number of pyridine rings is 1. The van der Waals surface area contributed by atoms with Crippen LogP contribution in [-0.2, 0) is 11.2 Å². The monoisotopic (exact) mass is 229 g/mol. The molecular weight excluding hydrogens is 214 g/mol. The summed E-state index contributed by atoms with van der Waals surface area (Å²) in [5.41, 5.74) is 0.942. The van der Waals surface area contributed by atoms with Gasteiger partial charge in [-0.2, -0.15) is 0 Å². The molecule has 1 aromatic heterocycles. The number of hydrogen-bond acceptors (Lipinski definition) is 2. The summed E-state index contributed by atoms with van der Waals surface area (Å²) in [6, 6.07) is 11.7. The van der Waals surface area contributed by atoms with E-state index < -0.39 is 11.4 Å². The number of rotatable bonds is 3. The third-order valence-corrected chi connectivity index (χ3v) is 2.86. The number of benzene rings is 1. The van der Waals surface area contributed by atoms with Gasteiger partial charge in [-0.25, -0.2) is 0 Å². The highest BCUT2D eigenvalue weighted by molar-refractivity contribution is 5.78. The normalized spacial score (nSPS) is 11.6. The average molecular weight is 229 g/mol. The second-order valence-corrected chi connectivity index (χ2v) is 4.86. The van der Waals surface area contributed by atoms with Crippen LogP contribution in [0.3, 0.4) is 0 Å². The molecule has 3 nitrogen and oxygen atoms in total. The summed E-state index contributed by atoms with van der Waals surface area (Å²) in [5.74, 6) is -0.799. The molecule has 0 spiro atoms. The smallest absolute Gasteiger partial charge is 0.309 e. The first-order valence-electron chi connectivity index (χ1n) is 5.57. The summed E-state index contributed by atoms with van der Waals surface area (Å²) in [4.78, 5) is 15.5. The van der Waals surface area contributed by atoms with Crippen molar-refractivity contribution in [3.05, 3.63) is 42.1 Å². The standard InChI is InChI=1S/C14H15NO2/c1-14(2,13(16)17)9-11-8-7-10-5-3-4-6-12(10)15-11/h3-8H,9H2,1-2H3,(H,16,17). The van der Waals surface area contributed by atoms with Gasteiger partial charge in [0.1, 0.15) is 0 Å². The predicted molar refractivity (Wildman–Crippen MR) is 66.9 cm³/mol. The number of carboxylic acids is 1. The van der Waals surface area contributed by atoms with E-state index in [0.29, 0.717) is 6.42 Å². The van der Waals surface area contributed by atoms with Crippen LogP contribution in [0.1, 0.15) is 19.5 Å². The van der Waals surface area contributed by atoms with Gasteiger partial charge in [-0.05, 0) is 26.0 Å². The molecule has 2 aromatic rings. The minimum absolute atomic E-state index is 0.438. The number of aromatic nitrogens is 1. The Hall–Kier alpha value is -1.90. The van der Waals surface area contributed by atoms with E-state index in [2.05, 4.69) is 4.98 Å². The van der Waals surface area contributed by atoms with Crippen LogP contribution in [0.25, 0.3) is 10.9 Å². The van der Waals surface area contributed by atoms with Crippen molar-refractivity contribution in [1.82, 2.24) is 4.98 Å². The molecule has 1 aromatic carbocycles. The fourth-order valence-corrected chi connectivity index (χ4v) is 1.74. The molecule has 0 fully saturated rings. The molecule has 1 N–H and O–H groups in total. The van der Waals surface area contributed by atoms with Crippen molar-refractivity contribution in [3.8, 4) is 0 Å². The zero-order valence-electron chi connectivity index (χ0n) is 9.97. The van der Waals surface area contributed by atoms with Crippen LogP contribution in [0, 0.1) is 5.41 Å². The van der Waals surface area contributed by atoms with Crippen molar-refractivity contribution in [3.63, 3.8) is 0 Å². The molecule has 0 saturated heterocycles. The summed E-state index contributed by atoms with van der Waals surface area (Å²) >= 11 is 0. The lowest BCUT2D eigenvalue weighted by molar-refractivity contribution is -0.146. The number of hydrogen-bond donors (Lipinski definition) is 1. The molecule has 0 aliphatic rings. The maximum atomic E-state index is 11.1. The van der Waals surface area contributed by atoms with Crippen LogP contribution >= 0.6 is 0 Å². The molecule has 0 saturated carbocycles. The first kappa shape index (κ1) is 11.6. The van der Waals surface area contributed by atoms with Gasteiger partial charge in [0, 0.05) is 17.5 Å². The Kier molecular flexibility index (Phi) is 2.84. The molecule has 3 heteroatoms. The molecule has 88 valence electrons. The third-order valence-electron chi connectivity index (χ3n) is 2.86. The van der Waals surface area contributed by atoms with Gasteiger partial charge >= 0.3 is 5.97 Å².